The van der Waals surface area contributed by atoms with Crippen molar-refractivity contribution in [2.45, 2.75) is 116 Å². The monoisotopic (exact) mass is 666 g/mol. The Bertz CT molecular complexity index is 1340. The van der Waals surface area contributed by atoms with Crippen molar-refractivity contribution in [3.05, 3.63) is 55.5 Å². The standard InChI is InChI=1S/C36H50S4Si2/c1-23(2)41(24(3)4,25(5)6)35-19-31(29-15-17-37-21-29)33(39-35)13-14-34-32(30-16-18-38-22-30)20-36(40-34)42(26(7)8,27(9)10)28(11)12/h15-28H,1-12H3. The second-order valence-electron chi connectivity index (χ2n) is 13.8. The van der Waals surface area contributed by atoms with Crippen LogP contribution in [0.1, 0.15) is 92.8 Å². The first-order valence-corrected chi connectivity index (χ1v) is 23.6. The smallest absolute Gasteiger partial charge is 0.107 e. The maximum absolute atomic E-state index is 3.81. The molecule has 4 heterocycles. The molecule has 4 aromatic rings. The van der Waals surface area contributed by atoms with E-state index in [4.69, 9.17) is 0 Å². The average Bonchev–Trinajstić information content (AvgIpc) is 3.69. The van der Waals surface area contributed by atoms with Crippen molar-refractivity contribution in [3.8, 4) is 34.1 Å². The van der Waals surface area contributed by atoms with Crippen LogP contribution in [0.3, 0.4) is 0 Å². The maximum Gasteiger partial charge on any atom is 0.107 e. The molecule has 0 radical (unpaired) electrons. The summed E-state index contributed by atoms with van der Waals surface area (Å²) in [4.78, 5) is 2.49. The highest BCUT2D eigenvalue weighted by Gasteiger charge is 2.47. The first kappa shape index (κ1) is 33.7. The molecular weight excluding hydrogens is 617 g/mol. The second-order valence-corrected chi connectivity index (χ2v) is 29.9. The Morgan fingerprint density at radius 2 is 0.810 bits per heavy atom. The van der Waals surface area contributed by atoms with Gasteiger partial charge in [-0.25, -0.2) is 0 Å². The van der Waals surface area contributed by atoms with E-state index in [1.807, 2.05) is 22.7 Å². The van der Waals surface area contributed by atoms with Gasteiger partial charge in [-0.1, -0.05) is 83.1 Å². The molecule has 0 unspecified atom stereocenters. The number of rotatable bonds is 10. The van der Waals surface area contributed by atoms with E-state index in [1.165, 1.54) is 32.0 Å². The Morgan fingerprint density at radius 3 is 1.05 bits per heavy atom. The first-order chi connectivity index (χ1) is 19.8. The van der Waals surface area contributed by atoms with Gasteiger partial charge in [0, 0.05) is 11.1 Å². The molecule has 0 saturated carbocycles. The van der Waals surface area contributed by atoms with Crippen molar-refractivity contribution in [3.63, 3.8) is 0 Å². The van der Waals surface area contributed by atoms with Crippen LogP contribution in [0.15, 0.2) is 45.8 Å². The van der Waals surface area contributed by atoms with Crippen LogP contribution in [-0.4, -0.2) is 16.1 Å². The molecule has 42 heavy (non-hydrogen) atoms. The van der Waals surface area contributed by atoms with Gasteiger partial charge in [0.2, 0.25) is 0 Å². The summed E-state index contributed by atoms with van der Waals surface area (Å²) in [5, 5.41) is 9.01. The Hall–Kier alpha value is -1.21. The van der Waals surface area contributed by atoms with Gasteiger partial charge >= 0.3 is 0 Å². The van der Waals surface area contributed by atoms with E-state index < -0.39 is 16.1 Å². The van der Waals surface area contributed by atoms with Crippen LogP contribution >= 0.6 is 45.3 Å². The number of thiophene rings is 4. The van der Waals surface area contributed by atoms with Crippen molar-refractivity contribution >= 4 is 70.5 Å². The SMILES string of the molecule is CC(C)[Si](c1cc(-c2ccsc2)c(C#Cc2sc([Si](C(C)C)(C(C)C)C(C)C)cc2-c2ccsc2)s1)(C(C)C)C(C)C. The highest BCUT2D eigenvalue weighted by atomic mass is 32.1. The van der Waals surface area contributed by atoms with Gasteiger partial charge in [0.1, 0.15) is 16.1 Å². The lowest BCUT2D eigenvalue weighted by Gasteiger charge is -2.42. The first-order valence-electron chi connectivity index (χ1n) is 15.6. The summed E-state index contributed by atoms with van der Waals surface area (Å²) in [6, 6.07) is 9.66. The van der Waals surface area contributed by atoms with Crippen molar-refractivity contribution in [2.24, 2.45) is 0 Å². The van der Waals surface area contributed by atoms with Crippen LogP contribution in [0.2, 0.25) is 33.2 Å². The number of hydrogen-bond donors (Lipinski definition) is 0. The predicted molar refractivity (Wildman–Crippen MR) is 203 cm³/mol. The van der Waals surface area contributed by atoms with Crippen molar-refractivity contribution in [2.75, 3.05) is 0 Å². The highest BCUT2D eigenvalue weighted by Crippen LogP contribution is 2.45. The quantitative estimate of drug-likeness (QED) is 0.117. The van der Waals surface area contributed by atoms with Gasteiger partial charge in [-0.15, -0.1) is 22.7 Å². The van der Waals surface area contributed by atoms with E-state index in [-0.39, 0.29) is 0 Å². The molecule has 0 saturated heterocycles. The van der Waals surface area contributed by atoms with Gasteiger partial charge in [0.05, 0.1) is 9.75 Å². The van der Waals surface area contributed by atoms with Crippen LogP contribution in [0.25, 0.3) is 22.3 Å². The van der Waals surface area contributed by atoms with E-state index in [9.17, 15) is 0 Å². The van der Waals surface area contributed by atoms with Gasteiger partial charge in [-0.05, 0) is 111 Å². The molecule has 0 fully saturated rings. The molecule has 0 N–H and O–H groups in total. The largest absolute Gasteiger partial charge is 0.152 e. The zero-order valence-electron chi connectivity index (χ0n) is 27.7. The van der Waals surface area contributed by atoms with E-state index in [0.717, 1.165) is 0 Å². The normalized spacial score (nSPS) is 12.9. The summed E-state index contributed by atoms with van der Waals surface area (Å²) < 4.78 is 3.26. The van der Waals surface area contributed by atoms with E-state index >= 15 is 0 Å². The Balaban J connectivity index is 1.96. The summed E-state index contributed by atoms with van der Waals surface area (Å²) in [5.74, 6) is 7.61. The van der Waals surface area contributed by atoms with Gasteiger partial charge in [0.15, 0.2) is 0 Å². The fourth-order valence-corrected chi connectivity index (χ4v) is 29.8. The lowest BCUT2D eigenvalue weighted by molar-refractivity contribution is 0.837. The molecule has 6 heteroatoms. The average molecular weight is 667 g/mol. The van der Waals surface area contributed by atoms with Gasteiger partial charge in [-0.2, -0.15) is 22.7 Å². The van der Waals surface area contributed by atoms with E-state index in [2.05, 4.69) is 141 Å². The minimum Gasteiger partial charge on any atom is -0.152 e. The third kappa shape index (κ3) is 5.79. The van der Waals surface area contributed by atoms with Gasteiger partial charge in [0.25, 0.3) is 0 Å². The van der Waals surface area contributed by atoms with Crippen LogP contribution in [0, 0.1) is 11.8 Å². The van der Waals surface area contributed by atoms with Crippen LogP contribution in [0.5, 0.6) is 0 Å². The predicted octanol–water partition coefficient (Wildman–Crippen LogP) is 12.4. The molecule has 0 aliphatic carbocycles. The lowest BCUT2D eigenvalue weighted by atomic mass is 10.1. The minimum atomic E-state index is -1.78. The molecule has 4 rings (SSSR count). The fourth-order valence-electron chi connectivity index (χ4n) is 8.48. The minimum absolute atomic E-state index is 0.679. The van der Waals surface area contributed by atoms with Crippen molar-refractivity contribution in [1.82, 2.24) is 0 Å². The third-order valence-electron chi connectivity index (χ3n) is 10.0. The molecule has 0 amide bonds. The molecular formula is C36H50S4Si2. The molecule has 0 aliphatic rings. The van der Waals surface area contributed by atoms with Crippen molar-refractivity contribution in [1.29, 1.82) is 0 Å². The van der Waals surface area contributed by atoms with Crippen molar-refractivity contribution < 1.29 is 0 Å². The van der Waals surface area contributed by atoms with Gasteiger partial charge in [-0.3, -0.25) is 0 Å². The molecule has 0 aliphatic heterocycles. The summed E-state index contributed by atoms with van der Waals surface area (Å²) in [5.41, 5.74) is 9.40. The molecule has 0 aromatic carbocycles. The molecule has 4 aromatic heterocycles. The summed E-state index contributed by atoms with van der Waals surface area (Å²) in [6.07, 6.45) is 0. The zero-order chi connectivity index (χ0) is 31.0. The van der Waals surface area contributed by atoms with Gasteiger partial charge < -0.3 is 0 Å². The van der Waals surface area contributed by atoms with E-state index in [1.54, 1.807) is 31.7 Å². The topological polar surface area (TPSA) is 0 Å². The molecule has 0 spiro atoms. The van der Waals surface area contributed by atoms with E-state index in [0.29, 0.717) is 33.2 Å². The maximum atomic E-state index is 3.81. The fraction of sp³-hybridized carbons (Fsp3) is 0.500. The summed E-state index contributed by atoms with van der Waals surface area (Å²) >= 11 is 7.58. The Labute approximate surface area is 274 Å². The van der Waals surface area contributed by atoms with Crippen LogP contribution < -0.4 is 9.00 Å². The Kier molecular flexibility index (Phi) is 10.8. The molecule has 0 nitrogen and oxygen atoms in total. The summed E-state index contributed by atoms with van der Waals surface area (Å²) in [6.45, 7) is 29.6. The molecule has 0 bridgehead atoms. The number of hydrogen-bond acceptors (Lipinski definition) is 4. The Morgan fingerprint density at radius 1 is 0.500 bits per heavy atom. The van der Waals surface area contributed by atoms with Crippen LogP contribution in [0.4, 0.5) is 0 Å². The lowest BCUT2D eigenvalue weighted by Crippen LogP contribution is -2.54. The summed E-state index contributed by atoms with van der Waals surface area (Å²) in [7, 11) is -3.57. The second kappa shape index (κ2) is 13.4. The highest BCUT2D eigenvalue weighted by molar-refractivity contribution is 7.29. The van der Waals surface area contributed by atoms with Crippen LogP contribution in [-0.2, 0) is 0 Å². The molecule has 226 valence electrons. The molecule has 0 atom stereocenters. The zero-order valence-corrected chi connectivity index (χ0v) is 33.0. The third-order valence-corrected chi connectivity index (χ3v) is 29.3.